The second kappa shape index (κ2) is 17.1. The van der Waals surface area contributed by atoms with Gasteiger partial charge in [-0.3, -0.25) is 9.59 Å². The fraction of sp³-hybridized carbons (Fsp3) is 0.875. The molecule has 0 aromatic heterocycles. The molecule has 0 aromatic carbocycles. The summed E-state index contributed by atoms with van der Waals surface area (Å²) in [4.78, 5) is 43.2. The van der Waals surface area contributed by atoms with Crippen LogP contribution in [0, 0.1) is 0 Å². The van der Waals surface area contributed by atoms with Crippen LogP contribution in [-0.4, -0.2) is 76.8 Å². The minimum absolute atomic E-state index is 0.0153. The van der Waals surface area contributed by atoms with Crippen molar-refractivity contribution in [1.82, 2.24) is 10.6 Å². The molecule has 0 heterocycles. The van der Waals surface area contributed by atoms with E-state index in [1.165, 1.54) is 0 Å². The van der Waals surface area contributed by atoms with Crippen molar-refractivity contribution < 1.29 is 38.6 Å². The van der Waals surface area contributed by atoms with Gasteiger partial charge >= 0.3 is 11.9 Å². The lowest BCUT2D eigenvalue weighted by molar-refractivity contribution is -0.294. The SMILES string of the molecule is CCOOCC(NCCNC(COOCC)C(=O)OCC)C(=O)OCC. The lowest BCUT2D eigenvalue weighted by atomic mass is 10.3. The van der Waals surface area contributed by atoms with E-state index in [-0.39, 0.29) is 26.4 Å². The predicted octanol–water partition coefficient (Wildman–Crippen LogP) is -0.0348. The molecule has 0 bridgehead atoms. The molecular formula is C16H32N2O8. The van der Waals surface area contributed by atoms with Gasteiger partial charge in [0.05, 0.1) is 26.4 Å². The quantitative estimate of drug-likeness (QED) is 0.154. The summed E-state index contributed by atoms with van der Waals surface area (Å²) in [6.45, 7) is 9.07. The Balaban J connectivity index is 4.34. The molecule has 26 heavy (non-hydrogen) atoms. The molecule has 10 heteroatoms. The molecule has 0 aliphatic rings. The van der Waals surface area contributed by atoms with E-state index in [0.29, 0.717) is 26.3 Å². The van der Waals surface area contributed by atoms with Gasteiger partial charge in [0.1, 0.15) is 25.3 Å². The van der Waals surface area contributed by atoms with Crippen molar-refractivity contribution in [2.45, 2.75) is 39.8 Å². The van der Waals surface area contributed by atoms with Crippen molar-refractivity contribution in [2.24, 2.45) is 0 Å². The maximum Gasteiger partial charge on any atom is 0.325 e. The van der Waals surface area contributed by atoms with Crippen molar-refractivity contribution >= 4 is 11.9 Å². The van der Waals surface area contributed by atoms with Crippen LogP contribution >= 0.6 is 0 Å². The van der Waals surface area contributed by atoms with Crippen LogP contribution in [0.15, 0.2) is 0 Å². The van der Waals surface area contributed by atoms with Gasteiger partial charge in [0.15, 0.2) is 0 Å². The fourth-order valence-electron chi connectivity index (χ4n) is 1.80. The van der Waals surface area contributed by atoms with Crippen molar-refractivity contribution in [1.29, 1.82) is 0 Å². The molecular weight excluding hydrogens is 348 g/mol. The van der Waals surface area contributed by atoms with Gasteiger partial charge in [-0.05, 0) is 27.7 Å². The fourth-order valence-corrected chi connectivity index (χ4v) is 1.80. The normalized spacial score (nSPS) is 13.2. The minimum atomic E-state index is -0.677. The highest BCUT2D eigenvalue weighted by atomic mass is 17.2. The van der Waals surface area contributed by atoms with Gasteiger partial charge in [-0.25, -0.2) is 19.6 Å². The average molecular weight is 380 g/mol. The van der Waals surface area contributed by atoms with E-state index in [1.807, 2.05) is 0 Å². The van der Waals surface area contributed by atoms with Crippen LogP contribution in [0.2, 0.25) is 0 Å². The van der Waals surface area contributed by atoms with E-state index >= 15 is 0 Å². The first kappa shape index (κ1) is 24.7. The molecule has 0 saturated carbocycles. The predicted molar refractivity (Wildman–Crippen MR) is 92.0 cm³/mol. The van der Waals surface area contributed by atoms with E-state index in [4.69, 9.17) is 29.0 Å². The molecule has 0 spiro atoms. The van der Waals surface area contributed by atoms with Crippen LogP contribution in [0.5, 0.6) is 0 Å². The first-order valence-electron chi connectivity index (χ1n) is 8.89. The van der Waals surface area contributed by atoms with E-state index in [1.54, 1.807) is 27.7 Å². The Morgan fingerprint density at radius 2 is 1.04 bits per heavy atom. The molecule has 0 amide bonds. The van der Waals surface area contributed by atoms with Crippen LogP contribution < -0.4 is 10.6 Å². The number of hydrogen-bond donors (Lipinski definition) is 2. The first-order valence-corrected chi connectivity index (χ1v) is 8.89. The van der Waals surface area contributed by atoms with Gasteiger partial charge in [-0.1, -0.05) is 0 Å². The topological polar surface area (TPSA) is 114 Å². The number of esters is 2. The molecule has 0 aliphatic heterocycles. The first-order chi connectivity index (χ1) is 12.6. The second-order valence-electron chi connectivity index (χ2n) is 4.90. The monoisotopic (exact) mass is 380 g/mol. The standard InChI is InChI=1S/C16H32N2O8/c1-5-21-15(19)13(11-25-23-7-3)17-9-10-18-14(12-26-24-8-4)16(20)22-6-2/h13-14,17-18H,5-12H2,1-4H3. The number of nitrogens with one attached hydrogen (secondary N) is 2. The summed E-state index contributed by atoms with van der Waals surface area (Å²) in [6.07, 6.45) is 0. The number of carbonyl (C=O) groups is 2. The lowest BCUT2D eigenvalue weighted by Gasteiger charge is -2.19. The van der Waals surface area contributed by atoms with Crippen molar-refractivity contribution in [3.63, 3.8) is 0 Å². The summed E-state index contributed by atoms with van der Waals surface area (Å²) < 4.78 is 9.96. The van der Waals surface area contributed by atoms with E-state index < -0.39 is 24.0 Å². The van der Waals surface area contributed by atoms with E-state index in [9.17, 15) is 9.59 Å². The van der Waals surface area contributed by atoms with Gasteiger partial charge in [0.25, 0.3) is 0 Å². The van der Waals surface area contributed by atoms with E-state index in [2.05, 4.69) is 10.6 Å². The Morgan fingerprint density at radius 3 is 1.35 bits per heavy atom. The van der Waals surface area contributed by atoms with Crippen LogP contribution in [0.1, 0.15) is 27.7 Å². The smallest absolute Gasteiger partial charge is 0.325 e. The number of rotatable bonds is 17. The third-order valence-corrected chi connectivity index (χ3v) is 2.92. The Labute approximate surface area is 154 Å². The summed E-state index contributed by atoms with van der Waals surface area (Å²) in [5, 5.41) is 5.98. The van der Waals surface area contributed by atoms with Crippen LogP contribution in [0.4, 0.5) is 0 Å². The Kier molecular flexibility index (Phi) is 16.3. The number of ether oxygens (including phenoxy) is 2. The van der Waals surface area contributed by atoms with Gasteiger partial charge < -0.3 is 20.1 Å². The molecule has 0 rings (SSSR count). The van der Waals surface area contributed by atoms with Crippen LogP contribution in [-0.2, 0) is 38.6 Å². The number of hydrogen-bond acceptors (Lipinski definition) is 10. The molecule has 2 unspecified atom stereocenters. The van der Waals surface area contributed by atoms with Crippen molar-refractivity contribution in [2.75, 3.05) is 52.7 Å². The maximum absolute atomic E-state index is 11.9. The second-order valence-corrected chi connectivity index (χ2v) is 4.90. The van der Waals surface area contributed by atoms with Gasteiger partial charge in [0, 0.05) is 13.1 Å². The molecule has 0 aliphatic carbocycles. The Morgan fingerprint density at radius 1 is 0.654 bits per heavy atom. The number of carbonyl (C=O) groups excluding carboxylic acids is 2. The largest absolute Gasteiger partial charge is 0.465 e. The third kappa shape index (κ3) is 12.1. The summed E-state index contributed by atoms with van der Waals surface area (Å²) in [7, 11) is 0. The molecule has 2 atom stereocenters. The Hall–Kier alpha value is -1.30. The molecule has 154 valence electrons. The molecule has 0 radical (unpaired) electrons. The summed E-state index contributed by atoms with van der Waals surface area (Å²) >= 11 is 0. The summed E-state index contributed by atoms with van der Waals surface area (Å²) in [6, 6.07) is -1.35. The molecule has 2 N–H and O–H groups in total. The zero-order valence-electron chi connectivity index (χ0n) is 16.1. The zero-order chi connectivity index (χ0) is 19.6. The van der Waals surface area contributed by atoms with E-state index in [0.717, 1.165) is 0 Å². The average Bonchev–Trinajstić information content (AvgIpc) is 2.62. The van der Waals surface area contributed by atoms with Crippen LogP contribution in [0.3, 0.4) is 0 Å². The van der Waals surface area contributed by atoms with Crippen LogP contribution in [0.25, 0.3) is 0 Å². The van der Waals surface area contributed by atoms with Crippen molar-refractivity contribution in [3.05, 3.63) is 0 Å². The van der Waals surface area contributed by atoms with Gasteiger partial charge in [0.2, 0.25) is 0 Å². The summed E-state index contributed by atoms with van der Waals surface area (Å²) in [5.41, 5.74) is 0. The zero-order valence-corrected chi connectivity index (χ0v) is 16.1. The third-order valence-electron chi connectivity index (χ3n) is 2.92. The van der Waals surface area contributed by atoms with Gasteiger partial charge in [-0.15, -0.1) is 0 Å². The maximum atomic E-state index is 11.9. The molecule has 0 saturated heterocycles. The molecule has 10 nitrogen and oxygen atoms in total. The highest BCUT2D eigenvalue weighted by Crippen LogP contribution is 1.95. The lowest BCUT2D eigenvalue weighted by Crippen LogP contribution is -2.48. The molecule has 0 fully saturated rings. The summed E-state index contributed by atoms with van der Waals surface area (Å²) in [5.74, 6) is -0.873. The van der Waals surface area contributed by atoms with Crippen molar-refractivity contribution in [3.8, 4) is 0 Å². The Bertz CT molecular complexity index is 336. The minimum Gasteiger partial charge on any atom is -0.465 e. The van der Waals surface area contributed by atoms with Gasteiger partial charge in [-0.2, -0.15) is 0 Å². The highest BCUT2D eigenvalue weighted by Gasteiger charge is 2.22. The highest BCUT2D eigenvalue weighted by molar-refractivity contribution is 5.76. The molecule has 0 aromatic rings.